The van der Waals surface area contributed by atoms with Crippen LogP contribution in [0.2, 0.25) is 0 Å². The van der Waals surface area contributed by atoms with Crippen LogP contribution in [-0.4, -0.2) is 17.1 Å². The molecule has 4 heteroatoms. The first-order valence-corrected chi connectivity index (χ1v) is 4.94. The Morgan fingerprint density at radius 2 is 2.12 bits per heavy atom. The standard InChI is InChI=1S/C12H13N3O/c1-8-12(13)14-7-11(15-8)9-4-3-5-10(6-9)16-2/h3-7H,1-2H3,(H2,13,14). The minimum atomic E-state index is 0.464. The van der Waals surface area contributed by atoms with Gasteiger partial charge in [0.25, 0.3) is 0 Å². The van der Waals surface area contributed by atoms with Crippen molar-refractivity contribution in [1.82, 2.24) is 9.97 Å². The first-order valence-electron chi connectivity index (χ1n) is 4.94. The quantitative estimate of drug-likeness (QED) is 0.832. The monoisotopic (exact) mass is 215 g/mol. The molecule has 1 aromatic carbocycles. The van der Waals surface area contributed by atoms with Gasteiger partial charge < -0.3 is 10.5 Å². The van der Waals surface area contributed by atoms with Crippen LogP contribution in [0.5, 0.6) is 5.75 Å². The molecule has 0 saturated carbocycles. The molecule has 0 fully saturated rings. The lowest BCUT2D eigenvalue weighted by Gasteiger charge is -2.05. The molecule has 0 amide bonds. The number of methoxy groups -OCH3 is 1. The van der Waals surface area contributed by atoms with E-state index < -0.39 is 0 Å². The van der Waals surface area contributed by atoms with Gasteiger partial charge >= 0.3 is 0 Å². The van der Waals surface area contributed by atoms with Crippen LogP contribution in [0, 0.1) is 6.92 Å². The molecule has 4 nitrogen and oxygen atoms in total. The molecule has 0 spiro atoms. The summed E-state index contributed by atoms with van der Waals surface area (Å²) in [5.74, 6) is 1.26. The topological polar surface area (TPSA) is 61.0 Å². The summed E-state index contributed by atoms with van der Waals surface area (Å²) in [4.78, 5) is 8.46. The number of nitrogens with zero attached hydrogens (tertiary/aromatic N) is 2. The van der Waals surface area contributed by atoms with Crippen molar-refractivity contribution in [1.29, 1.82) is 0 Å². The summed E-state index contributed by atoms with van der Waals surface area (Å²) in [6.07, 6.45) is 1.66. The smallest absolute Gasteiger partial charge is 0.144 e. The van der Waals surface area contributed by atoms with Crippen molar-refractivity contribution in [2.75, 3.05) is 12.8 Å². The van der Waals surface area contributed by atoms with Crippen molar-refractivity contribution < 1.29 is 4.74 Å². The van der Waals surface area contributed by atoms with Crippen molar-refractivity contribution in [3.8, 4) is 17.0 Å². The van der Waals surface area contributed by atoms with Crippen molar-refractivity contribution in [3.63, 3.8) is 0 Å². The van der Waals surface area contributed by atoms with Crippen LogP contribution < -0.4 is 10.5 Å². The highest BCUT2D eigenvalue weighted by molar-refractivity contribution is 5.61. The van der Waals surface area contributed by atoms with Gasteiger partial charge in [-0.15, -0.1) is 0 Å². The van der Waals surface area contributed by atoms with E-state index in [1.165, 1.54) is 0 Å². The van der Waals surface area contributed by atoms with Crippen LogP contribution >= 0.6 is 0 Å². The fourth-order valence-electron chi connectivity index (χ4n) is 1.41. The molecular formula is C12H13N3O. The maximum absolute atomic E-state index is 5.62. The summed E-state index contributed by atoms with van der Waals surface area (Å²) >= 11 is 0. The molecule has 2 aromatic rings. The van der Waals surface area contributed by atoms with E-state index in [4.69, 9.17) is 10.5 Å². The van der Waals surface area contributed by atoms with Crippen LogP contribution in [0.25, 0.3) is 11.3 Å². The van der Waals surface area contributed by atoms with Gasteiger partial charge in [0, 0.05) is 5.56 Å². The minimum Gasteiger partial charge on any atom is -0.497 e. The summed E-state index contributed by atoms with van der Waals surface area (Å²) < 4.78 is 5.16. The fourth-order valence-corrected chi connectivity index (χ4v) is 1.41. The maximum Gasteiger partial charge on any atom is 0.144 e. The molecule has 0 radical (unpaired) electrons. The van der Waals surface area contributed by atoms with Gasteiger partial charge in [-0.3, -0.25) is 0 Å². The van der Waals surface area contributed by atoms with Crippen LogP contribution in [0.1, 0.15) is 5.69 Å². The van der Waals surface area contributed by atoms with Gasteiger partial charge in [0.15, 0.2) is 0 Å². The summed E-state index contributed by atoms with van der Waals surface area (Å²) in [6, 6.07) is 7.68. The second-order valence-corrected chi connectivity index (χ2v) is 3.46. The van der Waals surface area contributed by atoms with Crippen LogP contribution in [0.4, 0.5) is 5.82 Å². The minimum absolute atomic E-state index is 0.464. The molecule has 1 heterocycles. The van der Waals surface area contributed by atoms with E-state index >= 15 is 0 Å². The summed E-state index contributed by atoms with van der Waals surface area (Å²) in [5.41, 5.74) is 8.13. The molecule has 0 unspecified atom stereocenters. The average molecular weight is 215 g/mol. The molecule has 0 atom stereocenters. The third kappa shape index (κ3) is 1.95. The zero-order valence-electron chi connectivity index (χ0n) is 9.27. The van der Waals surface area contributed by atoms with E-state index in [2.05, 4.69) is 9.97 Å². The Balaban J connectivity index is 2.46. The zero-order chi connectivity index (χ0) is 11.5. The molecule has 2 N–H and O–H groups in total. The van der Waals surface area contributed by atoms with Gasteiger partial charge in [-0.05, 0) is 19.1 Å². The number of benzene rings is 1. The van der Waals surface area contributed by atoms with Crippen molar-refractivity contribution in [2.45, 2.75) is 6.92 Å². The predicted octanol–water partition coefficient (Wildman–Crippen LogP) is 2.04. The van der Waals surface area contributed by atoms with Crippen LogP contribution in [0.15, 0.2) is 30.5 Å². The summed E-state index contributed by atoms with van der Waals surface area (Å²) in [7, 11) is 1.64. The SMILES string of the molecule is COc1cccc(-c2cnc(N)c(C)n2)c1. The van der Waals surface area contributed by atoms with Gasteiger partial charge in [-0.1, -0.05) is 12.1 Å². The highest BCUT2D eigenvalue weighted by Gasteiger charge is 2.03. The Bertz CT molecular complexity index is 511. The second-order valence-electron chi connectivity index (χ2n) is 3.46. The molecule has 16 heavy (non-hydrogen) atoms. The number of hydrogen-bond donors (Lipinski definition) is 1. The molecule has 0 aliphatic heterocycles. The van der Waals surface area contributed by atoms with E-state index in [-0.39, 0.29) is 0 Å². The molecule has 0 bridgehead atoms. The van der Waals surface area contributed by atoms with E-state index in [0.717, 1.165) is 22.7 Å². The molecule has 82 valence electrons. The molecule has 0 aliphatic rings. The maximum atomic E-state index is 5.62. The second kappa shape index (κ2) is 4.18. The Labute approximate surface area is 94.1 Å². The van der Waals surface area contributed by atoms with Crippen molar-refractivity contribution in [3.05, 3.63) is 36.2 Å². The first kappa shape index (κ1) is 10.4. The van der Waals surface area contributed by atoms with E-state index in [1.54, 1.807) is 13.3 Å². The number of ether oxygens (including phenoxy) is 1. The zero-order valence-corrected chi connectivity index (χ0v) is 9.27. The fraction of sp³-hybridized carbons (Fsp3) is 0.167. The van der Waals surface area contributed by atoms with Gasteiger partial charge in [0.05, 0.1) is 24.7 Å². The number of rotatable bonds is 2. The van der Waals surface area contributed by atoms with Gasteiger partial charge in [0.2, 0.25) is 0 Å². The third-order valence-electron chi connectivity index (χ3n) is 2.35. The lowest BCUT2D eigenvalue weighted by Crippen LogP contribution is -1.98. The molecule has 1 aromatic heterocycles. The van der Waals surface area contributed by atoms with Crippen molar-refractivity contribution >= 4 is 5.82 Å². The Morgan fingerprint density at radius 1 is 1.31 bits per heavy atom. The molecule has 0 aliphatic carbocycles. The Morgan fingerprint density at radius 3 is 2.81 bits per heavy atom. The van der Waals surface area contributed by atoms with Gasteiger partial charge in [-0.2, -0.15) is 0 Å². The Kier molecular flexibility index (Phi) is 2.72. The normalized spacial score (nSPS) is 10.1. The number of hydrogen-bond acceptors (Lipinski definition) is 4. The predicted molar refractivity (Wildman–Crippen MR) is 63.2 cm³/mol. The number of anilines is 1. The lowest BCUT2D eigenvalue weighted by atomic mass is 10.1. The summed E-state index contributed by atoms with van der Waals surface area (Å²) in [6.45, 7) is 1.84. The van der Waals surface area contributed by atoms with E-state index in [1.807, 2.05) is 31.2 Å². The summed E-state index contributed by atoms with van der Waals surface area (Å²) in [5, 5.41) is 0. The third-order valence-corrected chi connectivity index (χ3v) is 2.35. The van der Waals surface area contributed by atoms with E-state index in [9.17, 15) is 0 Å². The molecule has 2 rings (SSSR count). The largest absolute Gasteiger partial charge is 0.497 e. The van der Waals surface area contributed by atoms with Crippen LogP contribution in [-0.2, 0) is 0 Å². The van der Waals surface area contributed by atoms with Gasteiger partial charge in [0.1, 0.15) is 11.6 Å². The van der Waals surface area contributed by atoms with Gasteiger partial charge in [-0.25, -0.2) is 9.97 Å². The molecular weight excluding hydrogens is 202 g/mol. The highest BCUT2D eigenvalue weighted by atomic mass is 16.5. The highest BCUT2D eigenvalue weighted by Crippen LogP contribution is 2.22. The van der Waals surface area contributed by atoms with E-state index in [0.29, 0.717) is 5.82 Å². The number of nitrogens with two attached hydrogens (primary N) is 1. The molecule has 0 saturated heterocycles. The number of nitrogen functional groups attached to an aromatic ring is 1. The first-order chi connectivity index (χ1) is 7.70. The number of aryl methyl sites for hydroxylation is 1. The Hall–Kier alpha value is -2.10. The average Bonchev–Trinajstić information content (AvgIpc) is 2.33. The lowest BCUT2D eigenvalue weighted by molar-refractivity contribution is 0.415. The van der Waals surface area contributed by atoms with Crippen molar-refractivity contribution in [2.24, 2.45) is 0 Å². The van der Waals surface area contributed by atoms with Crippen LogP contribution in [0.3, 0.4) is 0 Å². The number of aromatic nitrogens is 2.